The summed E-state index contributed by atoms with van der Waals surface area (Å²) in [7, 11) is 1.37. The van der Waals surface area contributed by atoms with Gasteiger partial charge in [0.1, 0.15) is 11.4 Å². The number of nitrogens with one attached hydrogen (secondary N) is 1. The van der Waals surface area contributed by atoms with E-state index in [0.717, 1.165) is 0 Å². The number of carbonyl (C=O) groups is 1. The highest BCUT2D eigenvalue weighted by molar-refractivity contribution is 5.94. The number of methoxy groups -OCH3 is 1. The Morgan fingerprint density at radius 3 is 2.67 bits per heavy atom. The first-order valence-electron chi connectivity index (χ1n) is 5.08. The van der Waals surface area contributed by atoms with Gasteiger partial charge in [-0.05, 0) is 24.3 Å². The maximum atomic E-state index is 13.5. The van der Waals surface area contributed by atoms with E-state index in [4.69, 9.17) is 15.6 Å². The van der Waals surface area contributed by atoms with Crippen LogP contribution in [0, 0.1) is 5.82 Å². The summed E-state index contributed by atoms with van der Waals surface area (Å²) in [5.74, 6) is -1.51. The lowest BCUT2D eigenvalue weighted by atomic mass is 10.1. The molecular formula is C12H11FN2O3. The molecule has 1 aromatic carbocycles. The largest absolute Gasteiger partial charge is 0.494 e. The van der Waals surface area contributed by atoms with Crippen LogP contribution in [0.5, 0.6) is 5.75 Å². The fourth-order valence-corrected chi connectivity index (χ4v) is 1.64. The number of carboxylic acids is 1. The monoisotopic (exact) mass is 250 g/mol. The average molecular weight is 250 g/mol. The Labute approximate surface area is 102 Å². The summed E-state index contributed by atoms with van der Waals surface area (Å²) < 4.78 is 18.3. The molecule has 4 N–H and O–H groups in total. The van der Waals surface area contributed by atoms with Crippen LogP contribution in [0.2, 0.25) is 0 Å². The second kappa shape index (κ2) is 4.40. The molecule has 0 radical (unpaired) electrons. The van der Waals surface area contributed by atoms with Gasteiger partial charge in [-0.3, -0.25) is 0 Å². The maximum absolute atomic E-state index is 13.5. The lowest BCUT2D eigenvalue weighted by Gasteiger charge is -2.03. The fraction of sp³-hybridized carbons (Fsp3) is 0.0833. The minimum atomic E-state index is -1.14. The highest BCUT2D eigenvalue weighted by Crippen LogP contribution is 2.27. The van der Waals surface area contributed by atoms with Crippen molar-refractivity contribution in [1.29, 1.82) is 0 Å². The molecule has 0 aliphatic heterocycles. The van der Waals surface area contributed by atoms with E-state index >= 15 is 0 Å². The quantitative estimate of drug-likeness (QED) is 0.778. The summed E-state index contributed by atoms with van der Waals surface area (Å²) in [5.41, 5.74) is 6.41. The number of aromatic nitrogens is 1. The van der Waals surface area contributed by atoms with Crippen molar-refractivity contribution in [1.82, 2.24) is 4.98 Å². The normalized spacial score (nSPS) is 10.3. The summed E-state index contributed by atoms with van der Waals surface area (Å²) in [4.78, 5) is 13.5. The van der Waals surface area contributed by atoms with Crippen LogP contribution in [0.1, 0.15) is 10.4 Å². The number of halogens is 1. The number of hydrogen-bond donors (Lipinski definition) is 3. The molecule has 0 atom stereocenters. The van der Waals surface area contributed by atoms with E-state index in [1.165, 1.54) is 25.3 Å². The Morgan fingerprint density at radius 2 is 2.17 bits per heavy atom. The molecule has 0 spiro atoms. The van der Waals surface area contributed by atoms with Crippen molar-refractivity contribution in [2.24, 2.45) is 0 Å². The Balaban J connectivity index is 2.46. The van der Waals surface area contributed by atoms with Crippen LogP contribution < -0.4 is 10.5 Å². The molecule has 0 aliphatic rings. The van der Waals surface area contributed by atoms with Crippen molar-refractivity contribution in [3.05, 3.63) is 35.6 Å². The minimum Gasteiger partial charge on any atom is -0.494 e. The number of aromatic carboxylic acids is 1. The maximum Gasteiger partial charge on any atom is 0.339 e. The van der Waals surface area contributed by atoms with Crippen LogP contribution in [0.3, 0.4) is 0 Å². The molecule has 0 bridgehead atoms. The van der Waals surface area contributed by atoms with E-state index in [-0.39, 0.29) is 17.1 Å². The number of ether oxygens (including phenoxy) is 1. The average Bonchev–Trinajstić information content (AvgIpc) is 2.71. The minimum absolute atomic E-state index is 0.0359. The topological polar surface area (TPSA) is 88.3 Å². The third kappa shape index (κ3) is 2.00. The van der Waals surface area contributed by atoms with E-state index < -0.39 is 11.8 Å². The Bertz CT molecular complexity index is 607. The molecule has 0 saturated heterocycles. The zero-order valence-corrected chi connectivity index (χ0v) is 9.53. The van der Waals surface area contributed by atoms with E-state index in [0.29, 0.717) is 11.3 Å². The Hall–Kier alpha value is -2.50. The van der Waals surface area contributed by atoms with E-state index in [2.05, 4.69) is 4.98 Å². The molecule has 0 saturated carbocycles. The standard InChI is InChI=1S/C12H11FN2O3/c1-18-10-3-2-6(4-8(10)13)9-5-7(12(16)17)11(14)15-9/h2-5,15H,14H2,1H3,(H,16,17). The number of carboxylic acid groups (broad SMARTS) is 1. The van der Waals surface area contributed by atoms with Gasteiger partial charge in [0.05, 0.1) is 7.11 Å². The summed E-state index contributed by atoms with van der Waals surface area (Å²) in [6, 6.07) is 5.68. The van der Waals surface area contributed by atoms with Crippen LogP contribution >= 0.6 is 0 Å². The molecule has 5 nitrogen and oxygen atoms in total. The number of nitrogen functional groups attached to an aromatic ring is 1. The Morgan fingerprint density at radius 1 is 1.44 bits per heavy atom. The summed E-state index contributed by atoms with van der Waals surface area (Å²) in [6.07, 6.45) is 0. The number of H-pyrrole nitrogens is 1. The van der Waals surface area contributed by atoms with Crippen LogP contribution in [0.25, 0.3) is 11.3 Å². The zero-order chi connectivity index (χ0) is 13.3. The predicted molar refractivity (Wildman–Crippen MR) is 64.1 cm³/mol. The highest BCUT2D eigenvalue weighted by Gasteiger charge is 2.14. The number of benzene rings is 1. The van der Waals surface area contributed by atoms with E-state index in [1.807, 2.05) is 0 Å². The molecule has 0 aliphatic carbocycles. The number of anilines is 1. The molecular weight excluding hydrogens is 239 g/mol. The van der Waals surface area contributed by atoms with E-state index in [9.17, 15) is 9.18 Å². The van der Waals surface area contributed by atoms with Crippen LogP contribution in [-0.4, -0.2) is 23.2 Å². The van der Waals surface area contributed by atoms with Gasteiger partial charge in [-0.2, -0.15) is 0 Å². The first-order chi connectivity index (χ1) is 8.52. The van der Waals surface area contributed by atoms with Crippen molar-refractivity contribution in [2.75, 3.05) is 12.8 Å². The number of rotatable bonds is 3. The number of nitrogens with two attached hydrogens (primary N) is 1. The van der Waals surface area contributed by atoms with Gasteiger partial charge in [0.25, 0.3) is 0 Å². The molecule has 0 fully saturated rings. The molecule has 6 heteroatoms. The van der Waals surface area contributed by atoms with Gasteiger partial charge in [0, 0.05) is 11.3 Å². The van der Waals surface area contributed by atoms with Gasteiger partial charge in [-0.1, -0.05) is 0 Å². The van der Waals surface area contributed by atoms with Gasteiger partial charge in [0.15, 0.2) is 11.6 Å². The number of aromatic amines is 1. The predicted octanol–water partition coefficient (Wildman–Crippen LogP) is 2.11. The SMILES string of the molecule is COc1ccc(-c2cc(C(=O)O)c(N)[nH]2)cc1F. The smallest absolute Gasteiger partial charge is 0.339 e. The molecule has 2 aromatic rings. The fourth-order valence-electron chi connectivity index (χ4n) is 1.64. The van der Waals surface area contributed by atoms with Gasteiger partial charge < -0.3 is 20.6 Å². The van der Waals surface area contributed by atoms with Crippen LogP contribution in [-0.2, 0) is 0 Å². The first kappa shape index (κ1) is 12.0. The van der Waals surface area contributed by atoms with Gasteiger partial charge in [-0.25, -0.2) is 9.18 Å². The lowest BCUT2D eigenvalue weighted by molar-refractivity contribution is 0.0698. The van der Waals surface area contributed by atoms with Crippen molar-refractivity contribution in [3.8, 4) is 17.0 Å². The van der Waals surface area contributed by atoms with Crippen molar-refractivity contribution in [2.45, 2.75) is 0 Å². The van der Waals surface area contributed by atoms with Crippen molar-refractivity contribution in [3.63, 3.8) is 0 Å². The zero-order valence-electron chi connectivity index (χ0n) is 9.53. The lowest BCUT2D eigenvalue weighted by Crippen LogP contribution is -1.98. The molecule has 2 rings (SSSR count). The van der Waals surface area contributed by atoms with Gasteiger partial charge >= 0.3 is 5.97 Å². The molecule has 1 aromatic heterocycles. The van der Waals surface area contributed by atoms with Crippen LogP contribution in [0.4, 0.5) is 10.2 Å². The summed E-state index contributed by atoms with van der Waals surface area (Å²) >= 11 is 0. The third-order valence-corrected chi connectivity index (χ3v) is 2.54. The van der Waals surface area contributed by atoms with Crippen molar-refractivity contribution >= 4 is 11.8 Å². The molecule has 0 unspecified atom stereocenters. The highest BCUT2D eigenvalue weighted by atomic mass is 19.1. The summed E-state index contributed by atoms with van der Waals surface area (Å²) in [5, 5.41) is 8.87. The van der Waals surface area contributed by atoms with E-state index in [1.54, 1.807) is 6.07 Å². The first-order valence-corrected chi connectivity index (χ1v) is 5.08. The summed E-state index contributed by atoms with van der Waals surface area (Å²) in [6.45, 7) is 0. The van der Waals surface area contributed by atoms with Crippen LogP contribution in [0.15, 0.2) is 24.3 Å². The Kier molecular flexibility index (Phi) is 2.93. The number of hydrogen-bond acceptors (Lipinski definition) is 3. The van der Waals surface area contributed by atoms with Crippen molar-refractivity contribution < 1.29 is 19.0 Å². The third-order valence-electron chi connectivity index (χ3n) is 2.54. The van der Waals surface area contributed by atoms with Gasteiger partial charge in [0.2, 0.25) is 0 Å². The molecule has 18 heavy (non-hydrogen) atoms. The second-order valence-corrected chi connectivity index (χ2v) is 3.66. The molecule has 0 amide bonds. The molecule has 94 valence electrons. The molecule has 1 heterocycles. The second-order valence-electron chi connectivity index (χ2n) is 3.66. The van der Waals surface area contributed by atoms with Gasteiger partial charge in [-0.15, -0.1) is 0 Å².